The fourth-order valence-electron chi connectivity index (χ4n) is 3.24. The van der Waals surface area contributed by atoms with Crippen LogP contribution in [0, 0.1) is 13.8 Å². The van der Waals surface area contributed by atoms with Crippen LogP contribution in [-0.2, 0) is 18.3 Å². The van der Waals surface area contributed by atoms with Crippen LogP contribution < -0.4 is 0 Å². The molecule has 1 fully saturated rings. The van der Waals surface area contributed by atoms with Crippen LogP contribution in [0.3, 0.4) is 0 Å². The van der Waals surface area contributed by atoms with E-state index in [1.54, 1.807) is 11.3 Å². The van der Waals surface area contributed by atoms with E-state index in [0.29, 0.717) is 32.6 Å². The summed E-state index contributed by atoms with van der Waals surface area (Å²) in [6.45, 7) is 6.45. The van der Waals surface area contributed by atoms with Crippen LogP contribution in [0.5, 0.6) is 0 Å². The van der Waals surface area contributed by atoms with E-state index in [4.69, 9.17) is 0 Å². The van der Waals surface area contributed by atoms with Gasteiger partial charge in [-0.1, -0.05) is 6.07 Å². The minimum Gasteiger partial charge on any atom is -0.351 e. The Morgan fingerprint density at radius 1 is 1.12 bits per heavy atom. The highest BCUT2D eigenvalue weighted by Crippen LogP contribution is 2.17. The number of piperazine rings is 1. The number of nitrogens with zero attached hydrogens (tertiary/aromatic N) is 3. The summed E-state index contributed by atoms with van der Waals surface area (Å²) in [7, 11) is 1.98. The van der Waals surface area contributed by atoms with Crippen molar-refractivity contribution in [3.05, 3.63) is 45.4 Å². The molecule has 5 nitrogen and oxygen atoms in total. The standard InChI is InChI=1S/C19H25N3O2S/c1-14-13-17(15(2)20(14)3)19(24)22-10-8-21(9-11-22)18(23)7-6-16-5-4-12-25-16/h4-5,12-13H,6-11H2,1-3H3. The third-order valence-corrected chi connectivity index (χ3v) is 6.03. The Labute approximate surface area is 152 Å². The van der Waals surface area contributed by atoms with Crippen molar-refractivity contribution in [3.8, 4) is 0 Å². The summed E-state index contributed by atoms with van der Waals surface area (Å²) in [6, 6.07) is 6.04. The number of rotatable bonds is 4. The summed E-state index contributed by atoms with van der Waals surface area (Å²) in [6.07, 6.45) is 1.35. The van der Waals surface area contributed by atoms with E-state index in [0.717, 1.165) is 23.4 Å². The van der Waals surface area contributed by atoms with E-state index >= 15 is 0 Å². The first-order chi connectivity index (χ1) is 12.0. The normalized spacial score (nSPS) is 14.8. The van der Waals surface area contributed by atoms with E-state index in [9.17, 15) is 9.59 Å². The Bertz CT molecular complexity index is 756. The Morgan fingerprint density at radius 3 is 2.36 bits per heavy atom. The zero-order valence-electron chi connectivity index (χ0n) is 15.1. The topological polar surface area (TPSA) is 45.6 Å². The molecule has 0 aliphatic carbocycles. The molecule has 3 heterocycles. The molecular formula is C19H25N3O2S. The van der Waals surface area contributed by atoms with Crippen LogP contribution in [0.15, 0.2) is 23.6 Å². The van der Waals surface area contributed by atoms with Crippen molar-refractivity contribution in [2.24, 2.45) is 7.05 Å². The van der Waals surface area contributed by atoms with Crippen LogP contribution in [-0.4, -0.2) is 52.4 Å². The molecule has 0 spiro atoms. The molecule has 1 aliphatic heterocycles. The molecule has 0 atom stereocenters. The van der Waals surface area contributed by atoms with E-state index < -0.39 is 0 Å². The van der Waals surface area contributed by atoms with Gasteiger partial charge in [-0.15, -0.1) is 11.3 Å². The first-order valence-corrected chi connectivity index (χ1v) is 9.57. The van der Waals surface area contributed by atoms with Gasteiger partial charge in [0, 0.05) is 55.9 Å². The highest BCUT2D eigenvalue weighted by atomic mass is 32.1. The molecule has 1 aliphatic rings. The second-order valence-corrected chi connectivity index (χ2v) is 7.63. The molecule has 134 valence electrons. The lowest BCUT2D eigenvalue weighted by Crippen LogP contribution is -2.50. The molecule has 2 aromatic rings. The van der Waals surface area contributed by atoms with Gasteiger partial charge < -0.3 is 14.4 Å². The fraction of sp³-hybridized carbons (Fsp3) is 0.474. The second-order valence-electron chi connectivity index (χ2n) is 6.60. The van der Waals surface area contributed by atoms with Crippen LogP contribution in [0.4, 0.5) is 0 Å². The summed E-state index contributed by atoms with van der Waals surface area (Å²) < 4.78 is 2.04. The molecule has 2 amide bonds. The number of carbonyl (C=O) groups is 2. The Morgan fingerprint density at radius 2 is 1.80 bits per heavy atom. The molecule has 0 unspecified atom stereocenters. The summed E-state index contributed by atoms with van der Waals surface area (Å²) in [5.74, 6) is 0.263. The Kier molecular flexibility index (Phi) is 5.27. The highest BCUT2D eigenvalue weighted by Gasteiger charge is 2.26. The maximum absolute atomic E-state index is 12.8. The van der Waals surface area contributed by atoms with Gasteiger partial charge in [0.05, 0.1) is 5.56 Å². The van der Waals surface area contributed by atoms with Crippen molar-refractivity contribution in [3.63, 3.8) is 0 Å². The molecule has 25 heavy (non-hydrogen) atoms. The van der Waals surface area contributed by atoms with Gasteiger partial charge in [0.25, 0.3) is 5.91 Å². The fourth-order valence-corrected chi connectivity index (χ4v) is 3.95. The molecule has 2 aromatic heterocycles. The molecule has 0 bridgehead atoms. The van der Waals surface area contributed by atoms with Crippen LogP contribution in [0.25, 0.3) is 0 Å². The predicted molar refractivity (Wildman–Crippen MR) is 100 cm³/mol. The summed E-state index contributed by atoms with van der Waals surface area (Å²) in [5.41, 5.74) is 2.86. The number of aryl methyl sites for hydroxylation is 2. The smallest absolute Gasteiger partial charge is 0.255 e. The van der Waals surface area contributed by atoms with Crippen molar-refractivity contribution in [1.82, 2.24) is 14.4 Å². The zero-order valence-corrected chi connectivity index (χ0v) is 15.9. The minimum absolute atomic E-state index is 0.0758. The van der Waals surface area contributed by atoms with Crippen molar-refractivity contribution >= 4 is 23.2 Å². The summed E-state index contributed by atoms with van der Waals surface area (Å²) >= 11 is 1.69. The molecular weight excluding hydrogens is 334 g/mol. The molecule has 0 radical (unpaired) electrons. The number of hydrogen-bond acceptors (Lipinski definition) is 3. The minimum atomic E-state index is 0.0758. The van der Waals surface area contributed by atoms with E-state index in [1.807, 2.05) is 52.8 Å². The molecule has 3 rings (SSSR count). The summed E-state index contributed by atoms with van der Waals surface area (Å²) in [4.78, 5) is 30.1. The van der Waals surface area contributed by atoms with Crippen molar-refractivity contribution < 1.29 is 9.59 Å². The van der Waals surface area contributed by atoms with Gasteiger partial charge >= 0.3 is 0 Å². The van der Waals surface area contributed by atoms with E-state index in [2.05, 4.69) is 6.07 Å². The van der Waals surface area contributed by atoms with Crippen LogP contribution in [0.1, 0.15) is 33.0 Å². The van der Waals surface area contributed by atoms with Crippen molar-refractivity contribution in [2.45, 2.75) is 26.7 Å². The number of hydrogen-bond donors (Lipinski definition) is 0. The van der Waals surface area contributed by atoms with Gasteiger partial charge in [-0.2, -0.15) is 0 Å². The Balaban J connectivity index is 1.53. The molecule has 6 heteroatoms. The quantitative estimate of drug-likeness (QED) is 0.842. The van der Waals surface area contributed by atoms with Crippen LogP contribution >= 0.6 is 11.3 Å². The average Bonchev–Trinajstić information content (AvgIpc) is 3.23. The monoisotopic (exact) mass is 359 g/mol. The third-order valence-electron chi connectivity index (χ3n) is 5.09. The number of carbonyl (C=O) groups excluding carboxylic acids is 2. The van der Waals surface area contributed by atoms with Gasteiger partial charge in [0.15, 0.2) is 0 Å². The molecule has 0 saturated carbocycles. The maximum Gasteiger partial charge on any atom is 0.255 e. The zero-order chi connectivity index (χ0) is 18.0. The number of amides is 2. The molecule has 1 saturated heterocycles. The van der Waals surface area contributed by atoms with Gasteiger partial charge in [-0.3, -0.25) is 9.59 Å². The largest absolute Gasteiger partial charge is 0.351 e. The first-order valence-electron chi connectivity index (χ1n) is 8.69. The predicted octanol–water partition coefficient (Wildman–Crippen LogP) is 2.62. The Hall–Kier alpha value is -2.08. The van der Waals surface area contributed by atoms with Crippen molar-refractivity contribution in [1.29, 1.82) is 0 Å². The lowest BCUT2D eigenvalue weighted by Gasteiger charge is -2.35. The lowest BCUT2D eigenvalue weighted by atomic mass is 10.2. The summed E-state index contributed by atoms with van der Waals surface area (Å²) in [5, 5.41) is 2.04. The van der Waals surface area contributed by atoms with Gasteiger partial charge in [-0.05, 0) is 37.8 Å². The van der Waals surface area contributed by atoms with Crippen molar-refractivity contribution in [2.75, 3.05) is 26.2 Å². The highest BCUT2D eigenvalue weighted by molar-refractivity contribution is 7.09. The SMILES string of the molecule is Cc1cc(C(=O)N2CCN(C(=O)CCc3cccs3)CC2)c(C)n1C. The maximum atomic E-state index is 12.8. The van der Waals surface area contributed by atoms with E-state index in [-0.39, 0.29) is 11.8 Å². The molecule has 0 aromatic carbocycles. The van der Waals surface area contributed by atoms with Gasteiger partial charge in [0.2, 0.25) is 5.91 Å². The second kappa shape index (κ2) is 7.44. The number of thiophene rings is 1. The first kappa shape index (κ1) is 17.7. The average molecular weight is 359 g/mol. The van der Waals surface area contributed by atoms with E-state index in [1.165, 1.54) is 4.88 Å². The molecule has 0 N–H and O–H groups in total. The van der Waals surface area contributed by atoms with Gasteiger partial charge in [-0.25, -0.2) is 0 Å². The third kappa shape index (κ3) is 3.79. The number of aromatic nitrogens is 1. The van der Waals surface area contributed by atoms with Crippen LogP contribution in [0.2, 0.25) is 0 Å². The lowest BCUT2D eigenvalue weighted by molar-refractivity contribution is -0.132. The van der Waals surface area contributed by atoms with Gasteiger partial charge in [0.1, 0.15) is 0 Å².